The number of nitrogens with zero attached hydrogens (tertiary/aromatic N) is 1. The quantitative estimate of drug-likeness (QED) is 0.338. The number of aryl methyl sites for hydroxylation is 1. The molecule has 0 aliphatic heterocycles. The predicted octanol–water partition coefficient (Wildman–Crippen LogP) is 3.89. The standard InChI is InChI=1S/C19H23F2N3O.HI/c1-3-22-19(24-12-14-4-7-18(25)17(21)11-14)23-9-8-15-5-6-16(20)10-13(15)2;/h4-7,10-11,25H,3,8-9,12H2,1-2H3,(H2,22,23,24);1H. The van der Waals surface area contributed by atoms with Crippen LogP contribution in [0.4, 0.5) is 8.78 Å². The van der Waals surface area contributed by atoms with Gasteiger partial charge in [0.05, 0.1) is 6.54 Å². The number of nitrogens with one attached hydrogen (secondary N) is 2. The molecule has 3 N–H and O–H groups in total. The minimum absolute atomic E-state index is 0. The summed E-state index contributed by atoms with van der Waals surface area (Å²) >= 11 is 0. The zero-order chi connectivity index (χ0) is 18.2. The Kier molecular flexibility index (Phi) is 9.32. The second kappa shape index (κ2) is 10.9. The van der Waals surface area contributed by atoms with Gasteiger partial charge in [0.25, 0.3) is 0 Å². The molecule has 2 aromatic rings. The van der Waals surface area contributed by atoms with Crippen molar-refractivity contribution in [2.45, 2.75) is 26.8 Å². The van der Waals surface area contributed by atoms with E-state index >= 15 is 0 Å². The topological polar surface area (TPSA) is 56.7 Å². The van der Waals surface area contributed by atoms with E-state index in [9.17, 15) is 13.9 Å². The number of phenols is 1. The molecule has 142 valence electrons. The van der Waals surface area contributed by atoms with E-state index in [-0.39, 0.29) is 35.5 Å². The summed E-state index contributed by atoms with van der Waals surface area (Å²) in [6.45, 7) is 5.48. The van der Waals surface area contributed by atoms with Crippen LogP contribution in [0.3, 0.4) is 0 Å². The van der Waals surface area contributed by atoms with Gasteiger partial charge < -0.3 is 15.7 Å². The van der Waals surface area contributed by atoms with Gasteiger partial charge in [-0.3, -0.25) is 0 Å². The first-order valence-electron chi connectivity index (χ1n) is 8.24. The molecule has 0 aliphatic rings. The molecule has 4 nitrogen and oxygen atoms in total. The van der Waals surface area contributed by atoms with Gasteiger partial charge in [-0.15, -0.1) is 24.0 Å². The highest BCUT2D eigenvalue weighted by Crippen LogP contribution is 2.16. The van der Waals surface area contributed by atoms with Crippen molar-refractivity contribution in [2.75, 3.05) is 13.1 Å². The lowest BCUT2D eigenvalue weighted by atomic mass is 10.1. The minimum atomic E-state index is -0.655. The molecule has 0 spiro atoms. The van der Waals surface area contributed by atoms with E-state index < -0.39 is 5.82 Å². The molecule has 0 saturated heterocycles. The van der Waals surface area contributed by atoms with Crippen molar-refractivity contribution in [3.05, 3.63) is 64.7 Å². The van der Waals surface area contributed by atoms with Gasteiger partial charge in [0.15, 0.2) is 17.5 Å². The monoisotopic (exact) mass is 475 g/mol. The molecule has 0 saturated carbocycles. The summed E-state index contributed by atoms with van der Waals surface area (Å²) < 4.78 is 26.5. The fourth-order valence-electron chi connectivity index (χ4n) is 2.42. The van der Waals surface area contributed by atoms with Gasteiger partial charge in [0.2, 0.25) is 0 Å². The van der Waals surface area contributed by atoms with Gasteiger partial charge in [-0.1, -0.05) is 12.1 Å². The maximum absolute atomic E-state index is 13.4. The largest absolute Gasteiger partial charge is 0.505 e. The zero-order valence-corrected chi connectivity index (χ0v) is 17.2. The molecule has 0 radical (unpaired) electrons. The molecule has 2 aromatic carbocycles. The third kappa shape index (κ3) is 6.78. The van der Waals surface area contributed by atoms with E-state index in [4.69, 9.17) is 0 Å². The highest BCUT2D eigenvalue weighted by Gasteiger charge is 2.04. The van der Waals surface area contributed by atoms with Crippen LogP contribution in [0, 0.1) is 18.6 Å². The van der Waals surface area contributed by atoms with Gasteiger partial charge in [-0.05, 0) is 61.2 Å². The summed E-state index contributed by atoms with van der Waals surface area (Å²) in [6, 6.07) is 8.99. The average Bonchev–Trinajstić information content (AvgIpc) is 2.57. The lowest BCUT2D eigenvalue weighted by Gasteiger charge is -2.12. The van der Waals surface area contributed by atoms with Crippen LogP contribution in [-0.4, -0.2) is 24.2 Å². The number of hydrogen-bond donors (Lipinski definition) is 3. The highest BCUT2D eigenvalue weighted by molar-refractivity contribution is 14.0. The molecule has 0 bridgehead atoms. The zero-order valence-electron chi connectivity index (χ0n) is 14.9. The van der Waals surface area contributed by atoms with Crippen LogP contribution < -0.4 is 10.6 Å². The lowest BCUT2D eigenvalue weighted by Crippen LogP contribution is -2.38. The van der Waals surface area contributed by atoms with Gasteiger partial charge in [-0.25, -0.2) is 13.8 Å². The molecule has 0 atom stereocenters. The number of halogens is 3. The van der Waals surface area contributed by atoms with Gasteiger partial charge in [0.1, 0.15) is 5.82 Å². The molecular weight excluding hydrogens is 451 g/mol. The molecule has 0 aromatic heterocycles. The Morgan fingerprint density at radius 1 is 1.12 bits per heavy atom. The predicted molar refractivity (Wildman–Crippen MR) is 111 cm³/mol. The molecule has 0 fully saturated rings. The summed E-state index contributed by atoms with van der Waals surface area (Å²) in [6.07, 6.45) is 0.740. The molecule has 26 heavy (non-hydrogen) atoms. The maximum Gasteiger partial charge on any atom is 0.191 e. The SMILES string of the molecule is CCNC(=NCc1ccc(O)c(F)c1)NCCc1ccc(F)cc1C.I. The van der Waals surface area contributed by atoms with Crippen LogP contribution in [0.15, 0.2) is 41.4 Å². The number of aromatic hydroxyl groups is 1. The fraction of sp³-hybridized carbons (Fsp3) is 0.316. The van der Waals surface area contributed by atoms with E-state index in [1.807, 2.05) is 13.8 Å². The molecule has 0 aliphatic carbocycles. The molecular formula is C19H24F2IN3O. The molecule has 7 heteroatoms. The van der Waals surface area contributed by atoms with Crippen LogP contribution in [0.2, 0.25) is 0 Å². The first-order valence-corrected chi connectivity index (χ1v) is 8.24. The van der Waals surface area contributed by atoms with Crippen LogP contribution in [0.5, 0.6) is 5.75 Å². The van der Waals surface area contributed by atoms with E-state index in [0.717, 1.165) is 17.5 Å². The van der Waals surface area contributed by atoms with Crippen molar-refractivity contribution < 1.29 is 13.9 Å². The van der Waals surface area contributed by atoms with Crippen LogP contribution in [0.1, 0.15) is 23.6 Å². The van der Waals surface area contributed by atoms with Crippen molar-refractivity contribution in [3.8, 4) is 5.75 Å². The summed E-state index contributed by atoms with van der Waals surface area (Å²) in [5.41, 5.74) is 2.66. The number of benzene rings is 2. The fourth-order valence-corrected chi connectivity index (χ4v) is 2.42. The van der Waals surface area contributed by atoms with E-state index in [0.29, 0.717) is 31.2 Å². The van der Waals surface area contributed by atoms with Gasteiger partial charge in [0, 0.05) is 13.1 Å². The number of guanidine groups is 1. The average molecular weight is 475 g/mol. The van der Waals surface area contributed by atoms with Crippen molar-refractivity contribution in [2.24, 2.45) is 4.99 Å². The maximum atomic E-state index is 13.4. The summed E-state index contributed by atoms with van der Waals surface area (Å²) in [5, 5.41) is 15.5. The summed E-state index contributed by atoms with van der Waals surface area (Å²) in [5.74, 6) is -0.633. The Labute approximate surface area is 169 Å². The van der Waals surface area contributed by atoms with E-state index in [1.54, 1.807) is 12.1 Å². The van der Waals surface area contributed by atoms with Gasteiger partial charge in [-0.2, -0.15) is 0 Å². The van der Waals surface area contributed by atoms with Crippen molar-refractivity contribution in [1.29, 1.82) is 0 Å². The number of phenolic OH excluding ortho intramolecular Hbond substituents is 1. The molecule has 0 amide bonds. The molecule has 0 unspecified atom stereocenters. The second-order valence-electron chi connectivity index (χ2n) is 5.73. The van der Waals surface area contributed by atoms with E-state index in [1.165, 1.54) is 24.3 Å². The smallest absolute Gasteiger partial charge is 0.191 e. The Balaban J connectivity index is 0.00000338. The number of rotatable bonds is 6. The normalized spacial score (nSPS) is 11.0. The Morgan fingerprint density at radius 2 is 1.88 bits per heavy atom. The van der Waals surface area contributed by atoms with Crippen LogP contribution in [-0.2, 0) is 13.0 Å². The van der Waals surface area contributed by atoms with Crippen molar-refractivity contribution in [1.82, 2.24) is 10.6 Å². The lowest BCUT2D eigenvalue weighted by molar-refractivity contribution is 0.432. The third-order valence-electron chi connectivity index (χ3n) is 3.77. The van der Waals surface area contributed by atoms with Crippen LogP contribution in [0.25, 0.3) is 0 Å². The minimum Gasteiger partial charge on any atom is -0.505 e. The Bertz CT molecular complexity index is 754. The summed E-state index contributed by atoms with van der Waals surface area (Å²) in [4.78, 5) is 4.41. The Morgan fingerprint density at radius 3 is 2.54 bits per heavy atom. The van der Waals surface area contributed by atoms with Crippen molar-refractivity contribution in [3.63, 3.8) is 0 Å². The first-order chi connectivity index (χ1) is 12.0. The highest BCUT2D eigenvalue weighted by atomic mass is 127. The third-order valence-corrected chi connectivity index (χ3v) is 3.77. The van der Waals surface area contributed by atoms with Crippen LogP contribution >= 0.6 is 24.0 Å². The molecule has 2 rings (SSSR count). The second-order valence-corrected chi connectivity index (χ2v) is 5.73. The Hall–Kier alpha value is -1.90. The summed E-state index contributed by atoms with van der Waals surface area (Å²) in [7, 11) is 0. The van der Waals surface area contributed by atoms with Gasteiger partial charge >= 0.3 is 0 Å². The first kappa shape index (κ1) is 22.1. The van der Waals surface area contributed by atoms with Crippen molar-refractivity contribution >= 4 is 29.9 Å². The molecule has 0 heterocycles. The number of aliphatic imine (C=N–C) groups is 1. The van der Waals surface area contributed by atoms with E-state index in [2.05, 4.69) is 15.6 Å². The number of hydrogen-bond acceptors (Lipinski definition) is 2.